The molecule has 0 saturated heterocycles. The van der Waals surface area contributed by atoms with Gasteiger partial charge in [0.2, 0.25) is 5.91 Å². The van der Waals surface area contributed by atoms with Crippen molar-refractivity contribution in [1.82, 2.24) is 14.8 Å². The zero-order valence-corrected chi connectivity index (χ0v) is 23.5. The monoisotopic (exact) mass is 542 g/mol. The normalized spacial score (nSPS) is 10.9. The van der Waals surface area contributed by atoms with Crippen LogP contribution in [0.4, 0.5) is 10.5 Å². The van der Waals surface area contributed by atoms with Crippen molar-refractivity contribution in [3.63, 3.8) is 0 Å². The Labute approximate surface area is 235 Å². The lowest BCUT2D eigenvalue weighted by Gasteiger charge is -2.28. The number of methoxy groups -OCH3 is 2. The first-order valence-corrected chi connectivity index (χ1v) is 13.6. The highest BCUT2D eigenvalue weighted by Gasteiger charge is 2.23. The van der Waals surface area contributed by atoms with Gasteiger partial charge in [0.05, 0.1) is 13.7 Å². The molecule has 0 aliphatic carbocycles. The summed E-state index contributed by atoms with van der Waals surface area (Å²) in [5, 5.41) is 4.07. The molecule has 0 saturated carbocycles. The summed E-state index contributed by atoms with van der Waals surface area (Å²) in [5.74, 6) is 0.565. The second-order valence-corrected chi connectivity index (χ2v) is 9.63. The van der Waals surface area contributed by atoms with Gasteiger partial charge in [-0.1, -0.05) is 55.5 Å². The van der Waals surface area contributed by atoms with Crippen LogP contribution in [-0.2, 0) is 28.9 Å². The number of fused-ring (bicyclic) bond motifs is 1. The van der Waals surface area contributed by atoms with E-state index in [9.17, 15) is 9.59 Å². The molecular formula is C32H38N4O4. The molecule has 3 aromatic carbocycles. The van der Waals surface area contributed by atoms with Crippen LogP contribution in [-0.4, -0.2) is 67.2 Å². The van der Waals surface area contributed by atoms with Crippen molar-refractivity contribution in [3.05, 3.63) is 95.7 Å². The van der Waals surface area contributed by atoms with E-state index in [1.165, 1.54) is 10.5 Å². The van der Waals surface area contributed by atoms with E-state index in [1.54, 1.807) is 19.1 Å². The molecule has 0 bridgehead atoms. The van der Waals surface area contributed by atoms with Crippen LogP contribution in [0, 0.1) is 0 Å². The Hall–Kier alpha value is -4.30. The molecule has 0 fully saturated rings. The minimum absolute atomic E-state index is 0.0781. The fourth-order valence-corrected chi connectivity index (χ4v) is 4.67. The highest BCUT2D eigenvalue weighted by Crippen LogP contribution is 2.22. The second kappa shape index (κ2) is 14.2. The number of carbonyl (C=O) groups excluding carboxylic acids is 2. The van der Waals surface area contributed by atoms with E-state index in [0.717, 1.165) is 34.2 Å². The number of ether oxygens (including phenoxy) is 2. The molecule has 8 heteroatoms. The molecular weight excluding hydrogens is 504 g/mol. The minimum Gasteiger partial charge on any atom is -0.496 e. The molecule has 3 amide bonds. The third-order valence-corrected chi connectivity index (χ3v) is 7.02. The largest absolute Gasteiger partial charge is 0.496 e. The summed E-state index contributed by atoms with van der Waals surface area (Å²) in [7, 11) is 3.21. The van der Waals surface area contributed by atoms with Crippen molar-refractivity contribution in [2.45, 2.75) is 26.3 Å². The number of para-hydroxylation sites is 2. The Balaban J connectivity index is 1.52. The lowest BCUT2D eigenvalue weighted by Crippen LogP contribution is -2.46. The van der Waals surface area contributed by atoms with Crippen LogP contribution in [0.3, 0.4) is 0 Å². The number of rotatable bonds is 13. The van der Waals surface area contributed by atoms with Gasteiger partial charge < -0.3 is 29.6 Å². The Bertz CT molecular complexity index is 1400. The number of anilines is 1. The second-order valence-electron chi connectivity index (χ2n) is 9.63. The summed E-state index contributed by atoms with van der Waals surface area (Å²) in [6.07, 6.45) is 3.58. The fraction of sp³-hybridized carbons (Fsp3) is 0.312. The Morgan fingerprint density at radius 2 is 1.62 bits per heavy atom. The van der Waals surface area contributed by atoms with Crippen LogP contribution >= 0.6 is 0 Å². The van der Waals surface area contributed by atoms with Crippen molar-refractivity contribution < 1.29 is 19.1 Å². The molecule has 0 radical (unpaired) electrons. The van der Waals surface area contributed by atoms with E-state index in [4.69, 9.17) is 9.47 Å². The number of aryl methyl sites for hydroxylation is 1. The van der Waals surface area contributed by atoms with Crippen LogP contribution in [0.15, 0.2) is 79.0 Å². The summed E-state index contributed by atoms with van der Waals surface area (Å²) in [6.45, 7) is 3.45. The van der Waals surface area contributed by atoms with Crippen LogP contribution in [0.1, 0.15) is 23.6 Å². The Kier molecular flexibility index (Phi) is 10.2. The summed E-state index contributed by atoms with van der Waals surface area (Å²) in [5.41, 5.74) is 4.97. The van der Waals surface area contributed by atoms with Crippen molar-refractivity contribution in [2.24, 2.45) is 0 Å². The van der Waals surface area contributed by atoms with E-state index in [2.05, 4.69) is 23.3 Å². The van der Waals surface area contributed by atoms with E-state index in [0.29, 0.717) is 31.8 Å². The number of H-pyrrole nitrogens is 1. The Morgan fingerprint density at radius 3 is 2.38 bits per heavy atom. The summed E-state index contributed by atoms with van der Waals surface area (Å²) >= 11 is 0. The number of carbonyl (C=O) groups is 2. The van der Waals surface area contributed by atoms with Crippen molar-refractivity contribution in [1.29, 1.82) is 0 Å². The van der Waals surface area contributed by atoms with E-state index in [1.807, 2.05) is 72.9 Å². The molecule has 210 valence electrons. The maximum atomic E-state index is 13.8. The zero-order chi connectivity index (χ0) is 28.3. The van der Waals surface area contributed by atoms with Gasteiger partial charge in [-0.05, 0) is 48.2 Å². The molecule has 0 atom stereocenters. The third kappa shape index (κ3) is 7.42. The first-order chi connectivity index (χ1) is 19.5. The van der Waals surface area contributed by atoms with Gasteiger partial charge in [0.1, 0.15) is 12.3 Å². The van der Waals surface area contributed by atoms with Crippen molar-refractivity contribution in [2.75, 3.05) is 45.8 Å². The van der Waals surface area contributed by atoms with Gasteiger partial charge in [-0.2, -0.15) is 0 Å². The van der Waals surface area contributed by atoms with Gasteiger partial charge >= 0.3 is 6.03 Å². The lowest BCUT2D eigenvalue weighted by atomic mass is 10.1. The molecule has 8 nitrogen and oxygen atoms in total. The van der Waals surface area contributed by atoms with Crippen LogP contribution in [0.5, 0.6) is 5.75 Å². The van der Waals surface area contributed by atoms with Gasteiger partial charge in [-0.3, -0.25) is 4.79 Å². The average Bonchev–Trinajstić information content (AvgIpc) is 3.40. The summed E-state index contributed by atoms with van der Waals surface area (Å²) in [6, 6.07) is 23.2. The molecule has 0 unspecified atom stereocenters. The number of aromatic nitrogens is 1. The summed E-state index contributed by atoms with van der Waals surface area (Å²) < 4.78 is 10.8. The maximum Gasteiger partial charge on any atom is 0.322 e. The van der Waals surface area contributed by atoms with Crippen LogP contribution in [0.2, 0.25) is 0 Å². The number of urea groups is 1. The van der Waals surface area contributed by atoms with Gasteiger partial charge in [0, 0.05) is 55.1 Å². The van der Waals surface area contributed by atoms with Gasteiger partial charge in [-0.25, -0.2) is 4.79 Å². The molecule has 4 aromatic rings. The number of benzene rings is 3. The predicted molar refractivity (Wildman–Crippen MR) is 159 cm³/mol. The number of nitrogens with one attached hydrogen (secondary N) is 2. The SMILES string of the molecule is CCc1ccc(NC(=O)N(CCOC)CC(=O)N(CCc2c[nH]c3ccccc23)Cc2ccccc2OC)cc1. The molecule has 1 heterocycles. The number of hydrogen-bond acceptors (Lipinski definition) is 4. The zero-order valence-electron chi connectivity index (χ0n) is 23.5. The molecule has 0 aliphatic heterocycles. The minimum atomic E-state index is -0.344. The van der Waals surface area contributed by atoms with Crippen LogP contribution < -0.4 is 10.1 Å². The third-order valence-electron chi connectivity index (χ3n) is 7.02. The number of aromatic amines is 1. The van der Waals surface area contributed by atoms with E-state index in [-0.39, 0.29) is 25.0 Å². The molecule has 2 N–H and O–H groups in total. The predicted octanol–water partition coefficient (Wildman–Crippen LogP) is 5.49. The average molecular weight is 543 g/mol. The van der Waals surface area contributed by atoms with Crippen molar-refractivity contribution >= 4 is 28.5 Å². The smallest absolute Gasteiger partial charge is 0.322 e. The fourth-order valence-electron chi connectivity index (χ4n) is 4.67. The van der Waals surface area contributed by atoms with Gasteiger partial charge in [-0.15, -0.1) is 0 Å². The standard InChI is InChI=1S/C32H38N4O4/c1-4-24-13-15-27(16-14-24)34-32(38)36(19-20-39-2)23-31(37)35(22-26-9-5-8-12-30(26)40-3)18-17-25-21-33-29-11-7-6-10-28(25)29/h5-16,21,33H,4,17-20,22-23H2,1-3H3,(H,34,38). The number of hydrogen-bond donors (Lipinski definition) is 2. The van der Waals surface area contributed by atoms with E-state index < -0.39 is 0 Å². The number of nitrogens with zero attached hydrogens (tertiary/aromatic N) is 2. The maximum absolute atomic E-state index is 13.8. The summed E-state index contributed by atoms with van der Waals surface area (Å²) in [4.78, 5) is 33.7. The quantitative estimate of drug-likeness (QED) is 0.234. The van der Waals surface area contributed by atoms with Gasteiger partial charge in [0.15, 0.2) is 0 Å². The van der Waals surface area contributed by atoms with Gasteiger partial charge in [0.25, 0.3) is 0 Å². The molecule has 40 heavy (non-hydrogen) atoms. The molecule has 4 rings (SSSR count). The topological polar surface area (TPSA) is 86.9 Å². The molecule has 0 aliphatic rings. The van der Waals surface area contributed by atoms with E-state index >= 15 is 0 Å². The highest BCUT2D eigenvalue weighted by atomic mass is 16.5. The molecule has 0 spiro atoms. The lowest BCUT2D eigenvalue weighted by molar-refractivity contribution is -0.132. The van der Waals surface area contributed by atoms with Crippen LogP contribution in [0.25, 0.3) is 10.9 Å². The highest BCUT2D eigenvalue weighted by molar-refractivity contribution is 5.92. The van der Waals surface area contributed by atoms with Crippen molar-refractivity contribution in [3.8, 4) is 5.75 Å². The first-order valence-electron chi connectivity index (χ1n) is 13.6. The Morgan fingerprint density at radius 1 is 0.875 bits per heavy atom. The first kappa shape index (κ1) is 28.7. The number of amides is 3. The molecule has 1 aromatic heterocycles.